The predicted molar refractivity (Wildman–Crippen MR) is 67.9 cm³/mol. The Kier molecular flexibility index (Phi) is 3.43. The zero-order valence-corrected chi connectivity index (χ0v) is 11.1. The monoisotopic (exact) mass is 295 g/mol. The Morgan fingerprint density at radius 2 is 2.00 bits per heavy atom. The van der Waals surface area contributed by atoms with Crippen LogP contribution < -0.4 is 4.74 Å². The molecule has 0 saturated heterocycles. The number of rotatable bonds is 2. The van der Waals surface area contributed by atoms with E-state index < -0.39 is 0 Å². The van der Waals surface area contributed by atoms with E-state index in [4.69, 9.17) is 4.74 Å². The van der Waals surface area contributed by atoms with Gasteiger partial charge in [-0.2, -0.15) is 0 Å². The molecule has 0 unspecified atom stereocenters. The smallest absolute Gasteiger partial charge is 0.222 e. The standard InChI is InChI=1S/C13H11BrFNO/c1-8-3-4-11(15)12(5-8)17-13-9(2)6-10(14)7-16-13/h3-7H,1-2H3. The number of hydrogen-bond acceptors (Lipinski definition) is 2. The van der Waals surface area contributed by atoms with Crippen molar-refractivity contribution in [2.24, 2.45) is 0 Å². The van der Waals surface area contributed by atoms with Crippen LogP contribution in [0.5, 0.6) is 11.6 Å². The molecule has 1 aromatic heterocycles. The van der Waals surface area contributed by atoms with Crippen molar-refractivity contribution < 1.29 is 9.13 Å². The van der Waals surface area contributed by atoms with Crippen molar-refractivity contribution in [2.75, 3.05) is 0 Å². The first-order valence-corrected chi connectivity index (χ1v) is 5.92. The van der Waals surface area contributed by atoms with Gasteiger partial charge in [-0.05, 0) is 53.5 Å². The number of nitrogens with zero attached hydrogens (tertiary/aromatic N) is 1. The van der Waals surface area contributed by atoms with Gasteiger partial charge in [0.05, 0.1) is 0 Å². The zero-order valence-electron chi connectivity index (χ0n) is 9.50. The van der Waals surface area contributed by atoms with E-state index in [0.29, 0.717) is 5.88 Å². The van der Waals surface area contributed by atoms with Gasteiger partial charge >= 0.3 is 0 Å². The third-order valence-electron chi connectivity index (χ3n) is 2.29. The largest absolute Gasteiger partial charge is 0.436 e. The van der Waals surface area contributed by atoms with E-state index in [-0.39, 0.29) is 11.6 Å². The average Bonchev–Trinajstić information content (AvgIpc) is 2.27. The van der Waals surface area contributed by atoms with Gasteiger partial charge in [0.1, 0.15) is 0 Å². The van der Waals surface area contributed by atoms with Gasteiger partial charge in [-0.25, -0.2) is 9.37 Å². The molecule has 0 N–H and O–H groups in total. The molecule has 1 heterocycles. The SMILES string of the molecule is Cc1ccc(F)c(Oc2ncc(Br)cc2C)c1. The van der Waals surface area contributed by atoms with Crippen LogP contribution in [0.4, 0.5) is 4.39 Å². The zero-order chi connectivity index (χ0) is 12.4. The number of aryl methyl sites for hydroxylation is 2. The molecule has 88 valence electrons. The molecule has 1 aromatic carbocycles. The molecule has 0 spiro atoms. The summed E-state index contributed by atoms with van der Waals surface area (Å²) in [5.74, 6) is 0.223. The van der Waals surface area contributed by atoms with E-state index in [1.165, 1.54) is 6.07 Å². The van der Waals surface area contributed by atoms with Gasteiger partial charge in [0.25, 0.3) is 0 Å². The summed E-state index contributed by atoms with van der Waals surface area (Å²) >= 11 is 3.32. The summed E-state index contributed by atoms with van der Waals surface area (Å²) in [6.45, 7) is 3.75. The molecule has 0 saturated carbocycles. The Bertz CT molecular complexity index is 557. The molecule has 0 aliphatic carbocycles. The lowest BCUT2D eigenvalue weighted by molar-refractivity contribution is 0.424. The highest BCUT2D eigenvalue weighted by atomic mass is 79.9. The Morgan fingerprint density at radius 3 is 2.71 bits per heavy atom. The van der Waals surface area contributed by atoms with Gasteiger partial charge < -0.3 is 4.74 Å². The van der Waals surface area contributed by atoms with E-state index in [1.54, 1.807) is 18.3 Å². The minimum atomic E-state index is -0.389. The van der Waals surface area contributed by atoms with E-state index >= 15 is 0 Å². The molecule has 2 nitrogen and oxygen atoms in total. The molecule has 17 heavy (non-hydrogen) atoms. The first-order chi connectivity index (χ1) is 8.06. The predicted octanol–water partition coefficient (Wildman–Crippen LogP) is 4.39. The van der Waals surface area contributed by atoms with Gasteiger partial charge in [-0.3, -0.25) is 0 Å². The van der Waals surface area contributed by atoms with Crippen LogP contribution in [0, 0.1) is 19.7 Å². The molecule has 0 atom stereocenters. The Morgan fingerprint density at radius 1 is 1.24 bits per heavy atom. The fraction of sp³-hybridized carbons (Fsp3) is 0.154. The molecule has 0 fully saturated rings. The maximum absolute atomic E-state index is 13.5. The van der Waals surface area contributed by atoms with Crippen LogP contribution in [0.25, 0.3) is 0 Å². The number of aromatic nitrogens is 1. The summed E-state index contributed by atoms with van der Waals surface area (Å²) in [7, 11) is 0. The highest BCUT2D eigenvalue weighted by Crippen LogP contribution is 2.27. The summed E-state index contributed by atoms with van der Waals surface area (Å²) in [6, 6.07) is 6.61. The molecular weight excluding hydrogens is 285 g/mol. The first-order valence-electron chi connectivity index (χ1n) is 5.12. The van der Waals surface area contributed by atoms with Crippen LogP contribution in [0.1, 0.15) is 11.1 Å². The van der Waals surface area contributed by atoms with Crippen molar-refractivity contribution in [3.63, 3.8) is 0 Å². The van der Waals surface area contributed by atoms with Crippen molar-refractivity contribution in [3.8, 4) is 11.6 Å². The molecule has 0 amide bonds. The van der Waals surface area contributed by atoms with Crippen molar-refractivity contribution in [1.82, 2.24) is 4.98 Å². The first kappa shape index (κ1) is 12.0. The minimum Gasteiger partial charge on any atom is -0.436 e. The molecule has 4 heteroatoms. The summed E-state index contributed by atoms with van der Waals surface area (Å²) in [4.78, 5) is 4.11. The van der Waals surface area contributed by atoms with E-state index in [2.05, 4.69) is 20.9 Å². The Balaban J connectivity index is 2.34. The second kappa shape index (κ2) is 4.84. The van der Waals surface area contributed by atoms with Crippen LogP contribution in [0.15, 0.2) is 34.9 Å². The number of hydrogen-bond donors (Lipinski definition) is 0. The van der Waals surface area contributed by atoms with Crippen molar-refractivity contribution >= 4 is 15.9 Å². The third kappa shape index (κ3) is 2.82. The second-order valence-corrected chi connectivity index (χ2v) is 4.73. The van der Waals surface area contributed by atoms with Crippen LogP contribution in [0.3, 0.4) is 0 Å². The molecule has 0 aliphatic heterocycles. The fourth-order valence-corrected chi connectivity index (χ4v) is 1.87. The van der Waals surface area contributed by atoms with Crippen LogP contribution in [-0.2, 0) is 0 Å². The van der Waals surface area contributed by atoms with Crippen molar-refractivity contribution in [3.05, 3.63) is 51.9 Å². The number of halogens is 2. The maximum Gasteiger partial charge on any atom is 0.222 e. The summed E-state index contributed by atoms with van der Waals surface area (Å²) in [6.07, 6.45) is 1.62. The van der Waals surface area contributed by atoms with Crippen LogP contribution >= 0.6 is 15.9 Å². The third-order valence-corrected chi connectivity index (χ3v) is 2.72. The van der Waals surface area contributed by atoms with Gasteiger partial charge in [-0.15, -0.1) is 0 Å². The van der Waals surface area contributed by atoms with Crippen LogP contribution in [-0.4, -0.2) is 4.98 Å². The highest BCUT2D eigenvalue weighted by Gasteiger charge is 2.08. The van der Waals surface area contributed by atoms with Gasteiger partial charge in [0, 0.05) is 16.2 Å². The number of pyridine rings is 1. The van der Waals surface area contributed by atoms with Crippen LogP contribution in [0.2, 0.25) is 0 Å². The number of benzene rings is 1. The molecule has 0 radical (unpaired) electrons. The lowest BCUT2D eigenvalue weighted by Gasteiger charge is -2.09. The number of ether oxygens (including phenoxy) is 1. The van der Waals surface area contributed by atoms with E-state index in [0.717, 1.165) is 15.6 Å². The summed E-state index contributed by atoms with van der Waals surface area (Å²) in [5, 5.41) is 0. The highest BCUT2D eigenvalue weighted by molar-refractivity contribution is 9.10. The molecule has 0 bridgehead atoms. The molecular formula is C13H11BrFNO. The van der Waals surface area contributed by atoms with Crippen molar-refractivity contribution in [1.29, 1.82) is 0 Å². The quantitative estimate of drug-likeness (QED) is 0.820. The van der Waals surface area contributed by atoms with Gasteiger partial charge in [0.2, 0.25) is 5.88 Å². The molecule has 2 rings (SSSR count). The average molecular weight is 296 g/mol. The molecule has 2 aromatic rings. The minimum absolute atomic E-state index is 0.197. The van der Waals surface area contributed by atoms with E-state index in [9.17, 15) is 4.39 Å². The fourth-order valence-electron chi connectivity index (χ4n) is 1.43. The lowest BCUT2D eigenvalue weighted by atomic mass is 10.2. The van der Waals surface area contributed by atoms with Gasteiger partial charge in [0.15, 0.2) is 11.6 Å². The molecule has 0 aliphatic rings. The summed E-state index contributed by atoms with van der Waals surface area (Å²) in [5.41, 5.74) is 1.79. The van der Waals surface area contributed by atoms with Crippen molar-refractivity contribution in [2.45, 2.75) is 13.8 Å². The topological polar surface area (TPSA) is 22.1 Å². The Hall–Kier alpha value is -1.42. The summed E-state index contributed by atoms with van der Waals surface area (Å²) < 4.78 is 19.8. The second-order valence-electron chi connectivity index (χ2n) is 3.81. The van der Waals surface area contributed by atoms with Gasteiger partial charge in [-0.1, -0.05) is 6.07 Å². The van der Waals surface area contributed by atoms with E-state index in [1.807, 2.05) is 19.9 Å². The normalized spacial score (nSPS) is 10.4. The lowest BCUT2D eigenvalue weighted by Crippen LogP contribution is -1.94. The maximum atomic E-state index is 13.5. The Labute approximate surface area is 108 Å².